The molecule has 1 fully saturated rings. The minimum absolute atomic E-state index is 0.281. The Morgan fingerprint density at radius 2 is 2.20 bits per heavy atom. The molecule has 0 aliphatic heterocycles. The largest absolute Gasteiger partial charge is 0.365 e. The first-order chi connectivity index (χ1) is 9.53. The molecule has 0 saturated heterocycles. The van der Waals surface area contributed by atoms with E-state index in [0.717, 1.165) is 18.8 Å². The van der Waals surface area contributed by atoms with Gasteiger partial charge in [-0.25, -0.2) is 4.98 Å². The molecule has 0 bridgehead atoms. The Balaban J connectivity index is 2.11. The van der Waals surface area contributed by atoms with Gasteiger partial charge in [0.1, 0.15) is 5.02 Å². The molecule has 0 amide bonds. The second kappa shape index (κ2) is 6.61. The molecule has 1 aliphatic rings. The van der Waals surface area contributed by atoms with Crippen LogP contribution in [-0.2, 0) is 0 Å². The first kappa shape index (κ1) is 15.4. The minimum Gasteiger partial charge on any atom is -0.365 e. The fourth-order valence-corrected chi connectivity index (χ4v) is 2.86. The zero-order valence-corrected chi connectivity index (χ0v) is 13.4. The van der Waals surface area contributed by atoms with Gasteiger partial charge in [0.2, 0.25) is 5.95 Å². The van der Waals surface area contributed by atoms with Crippen LogP contribution in [0.1, 0.15) is 52.9 Å². The van der Waals surface area contributed by atoms with Gasteiger partial charge in [-0.15, -0.1) is 0 Å². The van der Waals surface area contributed by atoms with Crippen LogP contribution < -0.4 is 10.6 Å². The van der Waals surface area contributed by atoms with E-state index in [1.807, 2.05) is 0 Å². The molecule has 20 heavy (non-hydrogen) atoms. The van der Waals surface area contributed by atoms with Crippen LogP contribution in [-0.4, -0.2) is 22.6 Å². The van der Waals surface area contributed by atoms with Crippen LogP contribution in [0.2, 0.25) is 5.02 Å². The maximum Gasteiger partial charge on any atom is 0.224 e. The highest BCUT2D eigenvalue weighted by Gasteiger charge is 2.32. The molecule has 2 N–H and O–H groups in total. The van der Waals surface area contributed by atoms with Crippen molar-refractivity contribution in [3.8, 4) is 0 Å². The average Bonchev–Trinajstić information content (AvgIpc) is 2.41. The van der Waals surface area contributed by atoms with Gasteiger partial charge < -0.3 is 10.6 Å². The molecule has 1 atom stereocenters. The Kier molecular flexibility index (Phi) is 5.08. The van der Waals surface area contributed by atoms with Crippen molar-refractivity contribution in [3.63, 3.8) is 0 Å². The summed E-state index contributed by atoms with van der Waals surface area (Å²) in [5.74, 6) is 1.40. The number of halogens is 1. The van der Waals surface area contributed by atoms with Crippen LogP contribution in [0.5, 0.6) is 0 Å². The van der Waals surface area contributed by atoms with Crippen LogP contribution in [0.4, 0.5) is 11.8 Å². The van der Waals surface area contributed by atoms with Crippen molar-refractivity contribution in [2.75, 3.05) is 17.2 Å². The van der Waals surface area contributed by atoms with Gasteiger partial charge in [0.25, 0.3) is 0 Å². The second-order valence-corrected chi connectivity index (χ2v) is 6.66. The van der Waals surface area contributed by atoms with E-state index in [2.05, 4.69) is 41.4 Å². The lowest BCUT2D eigenvalue weighted by atomic mass is 9.73. The third-order valence-corrected chi connectivity index (χ3v) is 4.37. The Bertz CT molecular complexity index is 447. The Morgan fingerprint density at radius 1 is 1.40 bits per heavy atom. The van der Waals surface area contributed by atoms with Gasteiger partial charge in [-0.1, -0.05) is 45.2 Å². The molecule has 4 nitrogen and oxygen atoms in total. The Morgan fingerprint density at radius 3 is 2.90 bits per heavy atom. The predicted molar refractivity (Wildman–Crippen MR) is 85.5 cm³/mol. The molecule has 0 aromatic carbocycles. The molecule has 1 aromatic heterocycles. The lowest BCUT2D eigenvalue weighted by molar-refractivity contribution is 0.216. The first-order valence-corrected chi connectivity index (χ1v) is 7.93. The van der Waals surface area contributed by atoms with Crippen LogP contribution in [0, 0.1) is 5.41 Å². The lowest BCUT2D eigenvalue weighted by Gasteiger charge is -2.39. The Hall–Kier alpha value is -1.03. The lowest BCUT2D eigenvalue weighted by Crippen LogP contribution is -2.39. The molecule has 5 heteroatoms. The van der Waals surface area contributed by atoms with E-state index < -0.39 is 0 Å². The van der Waals surface area contributed by atoms with Gasteiger partial charge in [0.05, 0.1) is 6.20 Å². The zero-order valence-electron chi connectivity index (χ0n) is 12.7. The van der Waals surface area contributed by atoms with Crippen molar-refractivity contribution in [1.29, 1.82) is 0 Å². The Labute approximate surface area is 126 Å². The zero-order chi connectivity index (χ0) is 14.6. The summed E-state index contributed by atoms with van der Waals surface area (Å²) in [5.41, 5.74) is 0.281. The summed E-state index contributed by atoms with van der Waals surface area (Å²) in [6.07, 6.45) is 7.71. The van der Waals surface area contributed by atoms with E-state index in [0.29, 0.717) is 17.0 Å². The molecule has 0 radical (unpaired) electrons. The third-order valence-electron chi connectivity index (χ3n) is 4.10. The van der Waals surface area contributed by atoms with Crippen molar-refractivity contribution in [3.05, 3.63) is 11.2 Å². The second-order valence-electron chi connectivity index (χ2n) is 6.25. The van der Waals surface area contributed by atoms with Crippen molar-refractivity contribution in [2.45, 2.75) is 58.9 Å². The van der Waals surface area contributed by atoms with Gasteiger partial charge in [-0.3, -0.25) is 0 Å². The normalized spacial score (nSPS) is 21.5. The number of aromatic nitrogens is 2. The first-order valence-electron chi connectivity index (χ1n) is 7.56. The number of hydrogen-bond acceptors (Lipinski definition) is 4. The molecular weight excluding hydrogens is 272 g/mol. The van der Waals surface area contributed by atoms with Crippen LogP contribution in [0.3, 0.4) is 0 Å². The van der Waals surface area contributed by atoms with Crippen LogP contribution >= 0.6 is 11.6 Å². The third kappa shape index (κ3) is 3.75. The summed E-state index contributed by atoms with van der Waals surface area (Å²) >= 11 is 6.23. The highest BCUT2D eigenvalue weighted by Crippen LogP contribution is 2.37. The number of nitrogens with zero attached hydrogens (tertiary/aromatic N) is 2. The van der Waals surface area contributed by atoms with Gasteiger partial charge in [0.15, 0.2) is 5.82 Å². The quantitative estimate of drug-likeness (QED) is 0.849. The molecule has 1 saturated carbocycles. The molecule has 112 valence electrons. The number of anilines is 2. The summed E-state index contributed by atoms with van der Waals surface area (Å²) in [6.45, 7) is 7.62. The minimum atomic E-state index is 0.281. The van der Waals surface area contributed by atoms with E-state index in [4.69, 9.17) is 11.6 Å². The molecule has 1 heterocycles. The topological polar surface area (TPSA) is 49.8 Å². The van der Waals surface area contributed by atoms with Crippen molar-refractivity contribution < 1.29 is 0 Å². The molecule has 1 aromatic rings. The number of rotatable bonds is 5. The van der Waals surface area contributed by atoms with Crippen molar-refractivity contribution in [2.24, 2.45) is 5.41 Å². The van der Waals surface area contributed by atoms with Crippen LogP contribution in [0.25, 0.3) is 0 Å². The van der Waals surface area contributed by atoms with E-state index in [9.17, 15) is 0 Å². The standard InChI is InChI=1S/C15H25ClN4/c1-4-9-17-14-18-10-11(16)13(20-14)19-12-7-5-6-8-15(12,2)3/h10,12H,4-9H2,1-3H3,(H2,17,18,19,20). The molecule has 2 rings (SSSR count). The smallest absolute Gasteiger partial charge is 0.224 e. The van der Waals surface area contributed by atoms with Gasteiger partial charge in [-0.05, 0) is 24.7 Å². The SMILES string of the molecule is CCCNc1ncc(Cl)c(NC2CCCCC2(C)C)n1. The predicted octanol–water partition coefficient (Wildman–Crippen LogP) is 4.33. The maximum atomic E-state index is 6.23. The molecular formula is C15H25ClN4. The summed E-state index contributed by atoms with van der Waals surface area (Å²) in [5, 5.41) is 7.32. The van der Waals surface area contributed by atoms with Gasteiger partial charge >= 0.3 is 0 Å². The fraction of sp³-hybridized carbons (Fsp3) is 0.733. The van der Waals surface area contributed by atoms with E-state index in [1.54, 1.807) is 6.20 Å². The highest BCUT2D eigenvalue weighted by molar-refractivity contribution is 6.32. The summed E-state index contributed by atoms with van der Waals surface area (Å²) in [7, 11) is 0. The monoisotopic (exact) mass is 296 g/mol. The van der Waals surface area contributed by atoms with Crippen molar-refractivity contribution >= 4 is 23.4 Å². The molecule has 0 spiro atoms. The van der Waals surface area contributed by atoms with Gasteiger partial charge in [-0.2, -0.15) is 4.98 Å². The number of hydrogen-bond donors (Lipinski definition) is 2. The van der Waals surface area contributed by atoms with Crippen molar-refractivity contribution in [1.82, 2.24) is 9.97 Å². The summed E-state index contributed by atoms with van der Waals surface area (Å²) < 4.78 is 0. The number of nitrogens with one attached hydrogen (secondary N) is 2. The maximum absolute atomic E-state index is 6.23. The summed E-state index contributed by atoms with van der Waals surface area (Å²) in [6, 6.07) is 0.419. The van der Waals surface area contributed by atoms with E-state index in [1.165, 1.54) is 25.7 Å². The van der Waals surface area contributed by atoms with E-state index in [-0.39, 0.29) is 5.41 Å². The average molecular weight is 297 g/mol. The van der Waals surface area contributed by atoms with Crippen LogP contribution in [0.15, 0.2) is 6.20 Å². The molecule has 1 aliphatic carbocycles. The fourth-order valence-electron chi connectivity index (χ4n) is 2.72. The van der Waals surface area contributed by atoms with Gasteiger partial charge in [0, 0.05) is 12.6 Å². The molecule has 1 unspecified atom stereocenters. The summed E-state index contributed by atoms with van der Waals surface area (Å²) in [4.78, 5) is 8.72. The highest BCUT2D eigenvalue weighted by atomic mass is 35.5. The van der Waals surface area contributed by atoms with E-state index >= 15 is 0 Å².